The van der Waals surface area contributed by atoms with E-state index in [4.69, 9.17) is 0 Å². The smallest absolute Gasteiger partial charge is 0.139 e. The molecule has 0 bridgehead atoms. The first-order chi connectivity index (χ1) is 10.5. The Morgan fingerprint density at radius 3 is 2.64 bits per heavy atom. The van der Waals surface area contributed by atoms with Crippen molar-refractivity contribution in [2.24, 2.45) is 40.4 Å². The van der Waals surface area contributed by atoms with Crippen LogP contribution in [0.4, 0.5) is 0 Å². The van der Waals surface area contributed by atoms with E-state index in [1.165, 1.54) is 38.5 Å². The minimum absolute atomic E-state index is 0.0205. The van der Waals surface area contributed by atoms with Gasteiger partial charge in [0.05, 0.1) is 0 Å². The average Bonchev–Trinajstić information content (AvgIpc) is 2.82. The Morgan fingerprint density at radius 2 is 1.86 bits per heavy atom. The SMILES string of the molecule is C[C@]12CCC(CO)C[C@@H]1CC[C@@H]1[C@@H]2CC[C@]2(C)C(=O)CC[C@@H]12. The summed E-state index contributed by atoms with van der Waals surface area (Å²) in [6.07, 6.45) is 10.9. The lowest BCUT2D eigenvalue weighted by Gasteiger charge is -2.60. The van der Waals surface area contributed by atoms with Crippen LogP contribution in [0.3, 0.4) is 0 Å². The molecule has 1 N–H and O–H groups in total. The zero-order chi connectivity index (χ0) is 15.5. The summed E-state index contributed by atoms with van der Waals surface area (Å²) >= 11 is 0. The van der Waals surface area contributed by atoms with E-state index >= 15 is 0 Å². The molecular weight excluding hydrogens is 272 g/mol. The molecule has 0 amide bonds. The third kappa shape index (κ3) is 1.92. The maximum atomic E-state index is 12.4. The standard InChI is InChI=1S/C20H32O2/c1-19-9-7-13(12-21)11-14(19)3-4-15-16-5-6-18(22)20(16,2)10-8-17(15)19/h13-17,21H,3-12H2,1-2H3/t13?,14-,15-,16-,17-,19-,20-/m0/s1. The number of aliphatic hydroxyl groups is 1. The molecule has 0 saturated heterocycles. The molecule has 0 aromatic heterocycles. The molecule has 4 rings (SSSR count). The largest absolute Gasteiger partial charge is 0.396 e. The summed E-state index contributed by atoms with van der Waals surface area (Å²) in [6, 6.07) is 0. The van der Waals surface area contributed by atoms with Gasteiger partial charge in [0.2, 0.25) is 0 Å². The molecule has 0 radical (unpaired) electrons. The first-order valence-electron chi connectivity index (χ1n) is 9.63. The molecule has 0 heterocycles. The highest BCUT2D eigenvalue weighted by Crippen LogP contribution is 2.65. The molecule has 4 fully saturated rings. The van der Waals surface area contributed by atoms with E-state index in [0.29, 0.717) is 29.6 Å². The number of ketones is 1. The predicted octanol–water partition coefficient (Wildman–Crippen LogP) is 4.21. The molecule has 124 valence electrons. The van der Waals surface area contributed by atoms with E-state index in [2.05, 4.69) is 13.8 Å². The molecule has 4 aliphatic rings. The van der Waals surface area contributed by atoms with E-state index in [-0.39, 0.29) is 5.41 Å². The van der Waals surface area contributed by atoms with Gasteiger partial charge in [-0.15, -0.1) is 0 Å². The molecule has 4 saturated carbocycles. The Hall–Kier alpha value is -0.370. The van der Waals surface area contributed by atoms with Crippen LogP contribution in [0.25, 0.3) is 0 Å². The summed E-state index contributed by atoms with van der Waals surface area (Å²) in [5.74, 6) is 4.25. The average molecular weight is 304 g/mol. The summed E-state index contributed by atoms with van der Waals surface area (Å²) in [5.41, 5.74) is 0.508. The van der Waals surface area contributed by atoms with Crippen LogP contribution >= 0.6 is 0 Å². The van der Waals surface area contributed by atoms with Crippen molar-refractivity contribution in [1.29, 1.82) is 0 Å². The number of fused-ring (bicyclic) bond motifs is 5. The van der Waals surface area contributed by atoms with Gasteiger partial charge < -0.3 is 5.11 Å². The molecular formula is C20H32O2. The van der Waals surface area contributed by atoms with Crippen LogP contribution in [0.5, 0.6) is 0 Å². The van der Waals surface area contributed by atoms with Crippen molar-refractivity contribution in [2.45, 2.75) is 71.6 Å². The Morgan fingerprint density at radius 1 is 1.05 bits per heavy atom. The molecule has 0 aromatic carbocycles. The number of hydrogen-bond donors (Lipinski definition) is 1. The van der Waals surface area contributed by atoms with Gasteiger partial charge in [-0.05, 0) is 86.4 Å². The summed E-state index contributed by atoms with van der Waals surface area (Å²) < 4.78 is 0. The summed E-state index contributed by atoms with van der Waals surface area (Å²) in [4.78, 5) is 12.4. The molecule has 22 heavy (non-hydrogen) atoms. The summed E-state index contributed by atoms with van der Waals surface area (Å²) in [7, 11) is 0. The second-order valence-corrected chi connectivity index (χ2v) is 9.40. The molecule has 2 nitrogen and oxygen atoms in total. The van der Waals surface area contributed by atoms with Gasteiger partial charge in [-0.2, -0.15) is 0 Å². The van der Waals surface area contributed by atoms with Gasteiger partial charge >= 0.3 is 0 Å². The monoisotopic (exact) mass is 304 g/mol. The Kier molecular flexibility index (Phi) is 3.49. The second kappa shape index (κ2) is 5.06. The van der Waals surface area contributed by atoms with E-state index in [9.17, 15) is 9.90 Å². The zero-order valence-corrected chi connectivity index (χ0v) is 14.3. The lowest BCUT2D eigenvalue weighted by atomic mass is 9.44. The normalized spacial score (nSPS) is 54.5. The summed E-state index contributed by atoms with van der Waals surface area (Å²) in [6.45, 7) is 5.22. The maximum absolute atomic E-state index is 12.4. The van der Waals surface area contributed by atoms with Gasteiger partial charge in [-0.1, -0.05) is 13.8 Å². The van der Waals surface area contributed by atoms with E-state index in [1.807, 2.05) is 0 Å². The molecule has 7 atom stereocenters. The topological polar surface area (TPSA) is 37.3 Å². The third-order valence-electron chi connectivity index (χ3n) is 8.74. The van der Waals surface area contributed by atoms with Gasteiger partial charge in [-0.3, -0.25) is 4.79 Å². The maximum Gasteiger partial charge on any atom is 0.139 e. The van der Waals surface area contributed by atoms with Gasteiger partial charge in [-0.25, -0.2) is 0 Å². The quantitative estimate of drug-likeness (QED) is 0.788. The van der Waals surface area contributed by atoms with Crippen LogP contribution in [0.15, 0.2) is 0 Å². The third-order valence-corrected chi connectivity index (χ3v) is 8.74. The Bertz CT molecular complexity index is 472. The fraction of sp³-hybridized carbons (Fsp3) is 0.950. The van der Waals surface area contributed by atoms with Crippen molar-refractivity contribution in [3.63, 3.8) is 0 Å². The number of aliphatic hydroxyl groups excluding tert-OH is 1. The molecule has 0 spiro atoms. The highest BCUT2D eigenvalue weighted by atomic mass is 16.3. The van der Waals surface area contributed by atoms with Crippen molar-refractivity contribution >= 4 is 5.78 Å². The van der Waals surface area contributed by atoms with Crippen LogP contribution in [-0.4, -0.2) is 17.5 Å². The predicted molar refractivity (Wildman–Crippen MR) is 87.3 cm³/mol. The number of carbonyl (C=O) groups is 1. The van der Waals surface area contributed by atoms with Crippen molar-refractivity contribution in [3.05, 3.63) is 0 Å². The van der Waals surface area contributed by atoms with Crippen LogP contribution in [0.2, 0.25) is 0 Å². The zero-order valence-electron chi connectivity index (χ0n) is 14.3. The molecule has 0 aliphatic heterocycles. The van der Waals surface area contributed by atoms with Gasteiger partial charge in [0, 0.05) is 18.4 Å². The Labute approximate surface area is 135 Å². The second-order valence-electron chi connectivity index (χ2n) is 9.40. The lowest BCUT2D eigenvalue weighted by Crippen LogP contribution is -2.53. The van der Waals surface area contributed by atoms with Crippen molar-refractivity contribution in [1.82, 2.24) is 0 Å². The van der Waals surface area contributed by atoms with Crippen molar-refractivity contribution < 1.29 is 9.90 Å². The minimum atomic E-state index is 0.0205. The van der Waals surface area contributed by atoms with Gasteiger partial charge in [0.25, 0.3) is 0 Å². The van der Waals surface area contributed by atoms with E-state index < -0.39 is 0 Å². The fourth-order valence-electron chi connectivity index (χ4n) is 7.28. The van der Waals surface area contributed by atoms with Crippen LogP contribution < -0.4 is 0 Å². The van der Waals surface area contributed by atoms with Gasteiger partial charge in [0.1, 0.15) is 5.78 Å². The van der Waals surface area contributed by atoms with Crippen LogP contribution in [-0.2, 0) is 4.79 Å². The molecule has 4 aliphatic carbocycles. The van der Waals surface area contributed by atoms with Crippen LogP contribution in [0, 0.1) is 40.4 Å². The minimum Gasteiger partial charge on any atom is -0.396 e. The van der Waals surface area contributed by atoms with E-state index in [0.717, 1.165) is 37.0 Å². The van der Waals surface area contributed by atoms with Gasteiger partial charge in [0.15, 0.2) is 0 Å². The van der Waals surface area contributed by atoms with Crippen molar-refractivity contribution in [2.75, 3.05) is 6.61 Å². The fourth-order valence-corrected chi connectivity index (χ4v) is 7.28. The summed E-state index contributed by atoms with van der Waals surface area (Å²) in [5, 5.41) is 9.55. The molecule has 1 unspecified atom stereocenters. The Balaban J connectivity index is 1.60. The first-order valence-corrected chi connectivity index (χ1v) is 9.63. The number of carbonyl (C=O) groups excluding carboxylic acids is 1. The van der Waals surface area contributed by atoms with Crippen molar-refractivity contribution in [3.8, 4) is 0 Å². The van der Waals surface area contributed by atoms with Crippen LogP contribution in [0.1, 0.15) is 71.6 Å². The van der Waals surface area contributed by atoms with E-state index in [1.54, 1.807) is 0 Å². The number of rotatable bonds is 1. The number of hydrogen-bond acceptors (Lipinski definition) is 2. The first kappa shape index (κ1) is 15.2. The highest BCUT2D eigenvalue weighted by molar-refractivity contribution is 5.87. The highest BCUT2D eigenvalue weighted by Gasteiger charge is 2.60. The molecule has 2 heteroatoms. The lowest BCUT2D eigenvalue weighted by molar-refractivity contribution is -0.140. The molecule has 0 aromatic rings. The number of Topliss-reactive ketones (excluding diaryl/α,β-unsaturated/α-hetero) is 1.